The average molecular weight is 253 g/mol. The number of aliphatic carboxylic acids is 1. The van der Waals surface area contributed by atoms with Crippen LogP contribution in [-0.4, -0.2) is 41.8 Å². The Balaban J connectivity index is 1.91. The van der Waals surface area contributed by atoms with Gasteiger partial charge in [-0.05, 0) is 31.1 Å². The number of carboxylic acids is 1. The highest BCUT2D eigenvalue weighted by molar-refractivity contribution is 5.71. The number of hydrogen-bond acceptors (Lipinski definition) is 3. The molecule has 0 spiro atoms. The molecule has 1 amide bonds. The Bertz CT molecular complexity index is 355. The van der Waals surface area contributed by atoms with Crippen LogP contribution in [0.4, 0.5) is 4.79 Å². The Morgan fingerprint density at radius 2 is 2.17 bits per heavy atom. The van der Waals surface area contributed by atoms with Gasteiger partial charge in [0.15, 0.2) is 0 Å². The zero-order chi connectivity index (χ0) is 13.1. The first-order valence-corrected chi connectivity index (χ1v) is 6.39. The van der Waals surface area contributed by atoms with Gasteiger partial charge in [0, 0.05) is 13.1 Å². The third-order valence-electron chi connectivity index (χ3n) is 4.06. The van der Waals surface area contributed by atoms with E-state index >= 15 is 0 Å². The van der Waals surface area contributed by atoms with E-state index in [1.165, 1.54) is 0 Å². The lowest BCUT2D eigenvalue weighted by Gasteiger charge is -2.35. The number of fused-ring (bicyclic) bond motifs is 1. The summed E-state index contributed by atoms with van der Waals surface area (Å²) in [7, 11) is 0. The lowest BCUT2D eigenvalue weighted by molar-refractivity contribution is -0.143. The molecular weight excluding hydrogens is 234 g/mol. The molecule has 0 bridgehead atoms. The van der Waals surface area contributed by atoms with Gasteiger partial charge >= 0.3 is 12.1 Å². The first-order valence-electron chi connectivity index (χ1n) is 6.39. The molecular formula is C13H19NO4. The van der Waals surface area contributed by atoms with Gasteiger partial charge in [-0.15, -0.1) is 0 Å². The van der Waals surface area contributed by atoms with Crippen molar-refractivity contribution in [3.05, 3.63) is 12.7 Å². The van der Waals surface area contributed by atoms with Crippen LogP contribution in [0.5, 0.6) is 0 Å². The number of carbonyl (C=O) groups is 2. The predicted molar refractivity (Wildman–Crippen MR) is 65.1 cm³/mol. The van der Waals surface area contributed by atoms with Crippen molar-refractivity contribution in [3.8, 4) is 0 Å². The van der Waals surface area contributed by atoms with Gasteiger partial charge in [-0.2, -0.15) is 0 Å². The number of carboxylic acid groups (broad SMARTS) is 1. The molecule has 5 heteroatoms. The summed E-state index contributed by atoms with van der Waals surface area (Å²) >= 11 is 0. The Morgan fingerprint density at radius 3 is 2.83 bits per heavy atom. The van der Waals surface area contributed by atoms with E-state index in [-0.39, 0.29) is 24.5 Å². The number of likely N-dealkylation sites (tertiary alicyclic amines) is 1. The molecule has 1 N–H and O–H groups in total. The second-order valence-electron chi connectivity index (χ2n) is 5.05. The van der Waals surface area contributed by atoms with Gasteiger partial charge in [0.25, 0.3) is 0 Å². The summed E-state index contributed by atoms with van der Waals surface area (Å²) < 4.78 is 5.01. The highest BCUT2D eigenvalue weighted by atomic mass is 16.6. The number of ether oxygens (including phenoxy) is 1. The molecule has 3 atom stereocenters. The van der Waals surface area contributed by atoms with E-state index in [9.17, 15) is 9.59 Å². The molecule has 0 aromatic rings. The molecule has 1 heterocycles. The van der Waals surface area contributed by atoms with Crippen molar-refractivity contribution in [1.82, 2.24) is 4.90 Å². The topological polar surface area (TPSA) is 66.8 Å². The molecule has 1 saturated heterocycles. The molecule has 0 aromatic carbocycles. The number of rotatable bonds is 3. The summed E-state index contributed by atoms with van der Waals surface area (Å²) in [6.45, 7) is 4.95. The van der Waals surface area contributed by atoms with E-state index in [1.54, 1.807) is 11.0 Å². The summed E-state index contributed by atoms with van der Waals surface area (Å²) in [5.74, 6) is -0.367. The van der Waals surface area contributed by atoms with Crippen LogP contribution >= 0.6 is 0 Å². The molecule has 2 aliphatic rings. The summed E-state index contributed by atoms with van der Waals surface area (Å²) in [5, 5.41) is 9.13. The maximum Gasteiger partial charge on any atom is 0.410 e. The van der Waals surface area contributed by atoms with Gasteiger partial charge in [-0.3, -0.25) is 4.79 Å². The van der Waals surface area contributed by atoms with Crippen LogP contribution in [0.3, 0.4) is 0 Å². The molecule has 1 aliphatic carbocycles. The highest BCUT2D eigenvalue weighted by Gasteiger charge is 2.43. The van der Waals surface area contributed by atoms with Crippen molar-refractivity contribution in [2.24, 2.45) is 17.8 Å². The van der Waals surface area contributed by atoms with Crippen molar-refractivity contribution in [1.29, 1.82) is 0 Å². The lowest BCUT2D eigenvalue weighted by atomic mass is 9.83. The third kappa shape index (κ3) is 2.49. The van der Waals surface area contributed by atoms with Crippen LogP contribution in [0.1, 0.15) is 19.3 Å². The van der Waals surface area contributed by atoms with Crippen LogP contribution in [0, 0.1) is 17.8 Å². The average Bonchev–Trinajstić information content (AvgIpc) is 2.78. The lowest BCUT2D eigenvalue weighted by Crippen LogP contribution is -2.44. The minimum atomic E-state index is -0.690. The van der Waals surface area contributed by atoms with Crippen LogP contribution < -0.4 is 0 Å². The Labute approximate surface area is 106 Å². The smallest absolute Gasteiger partial charge is 0.410 e. The predicted octanol–water partition coefficient (Wildman–Crippen LogP) is 1.74. The quantitative estimate of drug-likeness (QED) is 0.778. The molecule has 0 aromatic heterocycles. The number of piperidine rings is 1. The molecule has 100 valence electrons. The van der Waals surface area contributed by atoms with Crippen LogP contribution in [0.2, 0.25) is 0 Å². The highest BCUT2D eigenvalue weighted by Crippen LogP contribution is 2.42. The first kappa shape index (κ1) is 12.9. The second-order valence-corrected chi connectivity index (χ2v) is 5.05. The van der Waals surface area contributed by atoms with E-state index in [4.69, 9.17) is 9.84 Å². The van der Waals surface area contributed by atoms with Gasteiger partial charge in [0.05, 0.1) is 5.92 Å². The maximum atomic E-state index is 11.7. The summed E-state index contributed by atoms with van der Waals surface area (Å²) in [6, 6.07) is 0. The third-order valence-corrected chi connectivity index (χ3v) is 4.06. The normalized spacial score (nSPS) is 30.7. The Kier molecular flexibility index (Phi) is 3.89. The Morgan fingerprint density at radius 1 is 1.39 bits per heavy atom. The van der Waals surface area contributed by atoms with Gasteiger partial charge in [-0.1, -0.05) is 12.7 Å². The SMILES string of the molecule is C=CCOC(=O)N1CC[C@H]2[C@H](CC[C@H]2C(=O)O)C1. The number of carbonyl (C=O) groups excluding carboxylic acids is 1. The van der Waals surface area contributed by atoms with Crippen molar-refractivity contribution < 1.29 is 19.4 Å². The van der Waals surface area contributed by atoms with Crippen LogP contribution in [0.25, 0.3) is 0 Å². The fourth-order valence-electron chi connectivity index (χ4n) is 3.19. The van der Waals surface area contributed by atoms with Crippen molar-refractivity contribution in [2.45, 2.75) is 19.3 Å². The summed E-state index contributed by atoms with van der Waals surface area (Å²) in [6.07, 6.45) is 3.63. The van der Waals surface area contributed by atoms with Gasteiger partial charge in [-0.25, -0.2) is 4.79 Å². The minimum absolute atomic E-state index is 0.221. The fourth-order valence-corrected chi connectivity index (χ4v) is 3.19. The molecule has 2 fully saturated rings. The van der Waals surface area contributed by atoms with Gasteiger partial charge in [0.1, 0.15) is 6.61 Å². The van der Waals surface area contributed by atoms with E-state index in [0.717, 1.165) is 19.3 Å². The molecule has 0 radical (unpaired) electrons. The van der Waals surface area contributed by atoms with Crippen LogP contribution in [-0.2, 0) is 9.53 Å². The molecule has 18 heavy (non-hydrogen) atoms. The number of nitrogens with zero attached hydrogens (tertiary/aromatic N) is 1. The van der Waals surface area contributed by atoms with Crippen molar-refractivity contribution in [3.63, 3.8) is 0 Å². The van der Waals surface area contributed by atoms with Gasteiger partial charge < -0.3 is 14.7 Å². The molecule has 1 aliphatic heterocycles. The van der Waals surface area contributed by atoms with E-state index in [1.807, 2.05) is 0 Å². The number of amides is 1. The molecule has 0 unspecified atom stereocenters. The maximum absolute atomic E-state index is 11.7. The van der Waals surface area contributed by atoms with Crippen molar-refractivity contribution >= 4 is 12.1 Å². The monoisotopic (exact) mass is 253 g/mol. The zero-order valence-corrected chi connectivity index (χ0v) is 10.4. The van der Waals surface area contributed by atoms with E-state index < -0.39 is 5.97 Å². The van der Waals surface area contributed by atoms with E-state index in [0.29, 0.717) is 19.0 Å². The standard InChI is InChI=1S/C13H19NO4/c1-2-7-18-13(17)14-6-5-10-9(8-14)3-4-11(10)12(15)16/h2,9-11H,1,3-8H2,(H,15,16)/t9-,10+,11-/m1/s1. The molecule has 1 saturated carbocycles. The fraction of sp³-hybridized carbons (Fsp3) is 0.692. The first-order chi connectivity index (χ1) is 8.63. The van der Waals surface area contributed by atoms with E-state index in [2.05, 4.69) is 6.58 Å². The largest absolute Gasteiger partial charge is 0.481 e. The minimum Gasteiger partial charge on any atom is -0.481 e. The van der Waals surface area contributed by atoms with Gasteiger partial charge in [0.2, 0.25) is 0 Å². The van der Waals surface area contributed by atoms with Crippen LogP contribution in [0.15, 0.2) is 12.7 Å². The second kappa shape index (κ2) is 5.42. The summed E-state index contributed by atoms with van der Waals surface area (Å²) in [4.78, 5) is 24.5. The molecule has 5 nitrogen and oxygen atoms in total. The van der Waals surface area contributed by atoms with Crippen molar-refractivity contribution in [2.75, 3.05) is 19.7 Å². The Hall–Kier alpha value is -1.52. The summed E-state index contributed by atoms with van der Waals surface area (Å²) in [5.41, 5.74) is 0. The number of hydrogen-bond donors (Lipinski definition) is 1. The zero-order valence-electron chi connectivity index (χ0n) is 10.4. The molecule has 2 rings (SSSR count).